The molecule has 1 unspecified atom stereocenters. The number of hydrogen-bond acceptors (Lipinski definition) is 7. The van der Waals surface area contributed by atoms with Gasteiger partial charge in [-0.25, -0.2) is 13.6 Å². The van der Waals surface area contributed by atoms with Gasteiger partial charge < -0.3 is 14.4 Å². The van der Waals surface area contributed by atoms with E-state index in [1.807, 2.05) is 0 Å². The number of aromatic nitrogens is 3. The lowest BCUT2D eigenvalue weighted by molar-refractivity contribution is -0.0247. The summed E-state index contributed by atoms with van der Waals surface area (Å²) in [5.41, 5.74) is 2.60. The average molecular weight is 468 g/mol. The molecule has 1 aliphatic heterocycles. The molecule has 0 radical (unpaired) electrons. The Morgan fingerprint density at radius 3 is 2.59 bits per heavy atom. The molecule has 176 valence electrons. The standard InChI is InChI=1S/C24H22F2N4O4/c1-14-10-20(28-29-21(14)33-13-24(3,25)26)15(2)30-12-17-4-5-18(11-19(17)22(30)31)34-23(32)16-6-8-27-9-7-16/h4-11,15H,12-13H2,1-3H3. The summed E-state index contributed by atoms with van der Waals surface area (Å²) in [5.74, 6) is -3.50. The van der Waals surface area contributed by atoms with E-state index in [0.717, 1.165) is 12.5 Å². The maximum Gasteiger partial charge on any atom is 0.343 e. The molecule has 3 heterocycles. The summed E-state index contributed by atoms with van der Waals surface area (Å²) in [5, 5.41) is 8.00. The van der Waals surface area contributed by atoms with Gasteiger partial charge >= 0.3 is 5.97 Å². The predicted molar refractivity (Wildman–Crippen MR) is 117 cm³/mol. The zero-order valence-electron chi connectivity index (χ0n) is 18.8. The second-order valence-corrected chi connectivity index (χ2v) is 8.17. The van der Waals surface area contributed by atoms with Crippen molar-refractivity contribution in [3.8, 4) is 11.6 Å². The molecule has 1 aromatic carbocycles. The summed E-state index contributed by atoms with van der Waals surface area (Å²) in [6.45, 7) is 3.78. The second-order valence-electron chi connectivity index (χ2n) is 8.17. The van der Waals surface area contributed by atoms with Gasteiger partial charge in [-0.3, -0.25) is 9.78 Å². The van der Waals surface area contributed by atoms with Crippen LogP contribution >= 0.6 is 0 Å². The number of rotatable bonds is 7. The van der Waals surface area contributed by atoms with Crippen LogP contribution in [0.25, 0.3) is 0 Å². The van der Waals surface area contributed by atoms with Crippen molar-refractivity contribution in [3.63, 3.8) is 0 Å². The summed E-state index contributed by atoms with van der Waals surface area (Å²) >= 11 is 0. The predicted octanol–water partition coefficient (Wildman–Crippen LogP) is 4.15. The molecule has 2 aromatic heterocycles. The van der Waals surface area contributed by atoms with Crippen LogP contribution in [0.15, 0.2) is 48.8 Å². The highest BCUT2D eigenvalue weighted by molar-refractivity contribution is 5.99. The lowest BCUT2D eigenvalue weighted by Gasteiger charge is -2.24. The van der Waals surface area contributed by atoms with E-state index in [9.17, 15) is 18.4 Å². The number of esters is 1. The Labute approximate surface area is 194 Å². The first-order valence-corrected chi connectivity index (χ1v) is 10.5. The summed E-state index contributed by atoms with van der Waals surface area (Å²) < 4.78 is 36.6. The van der Waals surface area contributed by atoms with Gasteiger partial charge in [0.1, 0.15) is 5.75 Å². The highest BCUT2D eigenvalue weighted by Crippen LogP contribution is 2.33. The molecule has 0 saturated heterocycles. The minimum absolute atomic E-state index is 0.0224. The second kappa shape index (κ2) is 9.12. The summed E-state index contributed by atoms with van der Waals surface area (Å²) in [7, 11) is 0. The van der Waals surface area contributed by atoms with Gasteiger partial charge in [0.25, 0.3) is 11.8 Å². The molecule has 10 heteroatoms. The van der Waals surface area contributed by atoms with E-state index in [-0.39, 0.29) is 17.5 Å². The van der Waals surface area contributed by atoms with Gasteiger partial charge in [-0.05, 0) is 49.7 Å². The van der Waals surface area contributed by atoms with Gasteiger partial charge in [-0.15, -0.1) is 10.2 Å². The quantitative estimate of drug-likeness (QED) is 0.380. The Kier molecular flexibility index (Phi) is 6.23. The third-order valence-electron chi connectivity index (χ3n) is 5.36. The van der Waals surface area contributed by atoms with E-state index in [1.165, 1.54) is 24.5 Å². The maximum atomic E-state index is 13.1. The molecule has 8 nitrogen and oxygen atoms in total. The third kappa shape index (κ3) is 5.00. The highest BCUT2D eigenvalue weighted by Gasteiger charge is 2.33. The van der Waals surface area contributed by atoms with Gasteiger partial charge in [0.15, 0.2) is 6.61 Å². The van der Waals surface area contributed by atoms with Crippen molar-refractivity contribution >= 4 is 11.9 Å². The Morgan fingerprint density at radius 2 is 1.91 bits per heavy atom. The first kappa shape index (κ1) is 23.2. The van der Waals surface area contributed by atoms with E-state index in [4.69, 9.17) is 9.47 Å². The lowest BCUT2D eigenvalue weighted by Crippen LogP contribution is -2.28. The van der Waals surface area contributed by atoms with Crippen LogP contribution < -0.4 is 9.47 Å². The fourth-order valence-electron chi connectivity index (χ4n) is 3.53. The van der Waals surface area contributed by atoms with Gasteiger partial charge in [-0.2, -0.15) is 0 Å². The van der Waals surface area contributed by atoms with Crippen LogP contribution in [0, 0.1) is 6.92 Å². The van der Waals surface area contributed by atoms with Gasteiger partial charge in [0.05, 0.1) is 17.3 Å². The zero-order valence-corrected chi connectivity index (χ0v) is 18.8. The minimum Gasteiger partial charge on any atom is -0.470 e. The van der Waals surface area contributed by atoms with E-state index in [0.29, 0.717) is 28.9 Å². The number of hydrogen-bond donors (Lipinski definition) is 0. The normalized spacial score (nSPS) is 14.0. The van der Waals surface area contributed by atoms with Crippen molar-refractivity contribution in [3.05, 3.63) is 76.7 Å². The molecule has 4 rings (SSSR count). The number of alkyl halides is 2. The average Bonchev–Trinajstić information content (AvgIpc) is 3.13. The number of halogens is 2. The maximum absolute atomic E-state index is 13.1. The Morgan fingerprint density at radius 1 is 1.18 bits per heavy atom. The van der Waals surface area contributed by atoms with Crippen LogP contribution in [0.5, 0.6) is 11.6 Å². The molecule has 0 bridgehead atoms. The largest absolute Gasteiger partial charge is 0.470 e. The van der Waals surface area contributed by atoms with Crippen LogP contribution in [-0.2, 0) is 6.54 Å². The Balaban J connectivity index is 1.47. The molecular formula is C24H22F2N4O4. The van der Waals surface area contributed by atoms with Crippen molar-refractivity contribution in [2.45, 2.75) is 39.3 Å². The van der Waals surface area contributed by atoms with Crippen molar-refractivity contribution in [1.29, 1.82) is 0 Å². The summed E-state index contributed by atoms with van der Waals surface area (Å²) in [6, 6.07) is 9.23. The highest BCUT2D eigenvalue weighted by atomic mass is 19.3. The molecule has 3 aromatic rings. The number of carbonyl (C=O) groups excluding carboxylic acids is 2. The summed E-state index contributed by atoms with van der Waals surface area (Å²) in [6.07, 6.45) is 2.98. The molecule has 1 aliphatic rings. The topological polar surface area (TPSA) is 94.5 Å². The van der Waals surface area contributed by atoms with Gasteiger partial charge in [0, 0.05) is 37.0 Å². The SMILES string of the molecule is Cc1cc(C(C)N2Cc3ccc(OC(=O)c4ccncc4)cc3C2=O)nnc1OCC(C)(F)F. The van der Waals surface area contributed by atoms with E-state index in [1.54, 1.807) is 43.0 Å². The molecule has 0 spiro atoms. The zero-order chi connectivity index (χ0) is 24.5. The number of amides is 1. The van der Waals surface area contributed by atoms with Crippen LogP contribution in [0.3, 0.4) is 0 Å². The van der Waals surface area contributed by atoms with Crippen molar-refractivity contribution in [2.75, 3.05) is 6.61 Å². The number of ether oxygens (including phenoxy) is 2. The molecule has 34 heavy (non-hydrogen) atoms. The number of fused-ring (bicyclic) bond motifs is 1. The fraction of sp³-hybridized carbons (Fsp3) is 0.292. The Bertz CT molecular complexity index is 1230. The van der Waals surface area contributed by atoms with Crippen LogP contribution in [0.1, 0.15) is 57.4 Å². The monoisotopic (exact) mass is 468 g/mol. The van der Waals surface area contributed by atoms with Crippen LogP contribution in [-0.4, -0.2) is 44.5 Å². The number of benzene rings is 1. The first-order valence-electron chi connectivity index (χ1n) is 10.5. The minimum atomic E-state index is -2.99. The van der Waals surface area contributed by atoms with E-state index >= 15 is 0 Å². The molecular weight excluding hydrogens is 446 g/mol. The third-order valence-corrected chi connectivity index (χ3v) is 5.36. The van der Waals surface area contributed by atoms with Gasteiger partial charge in [0.2, 0.25) is 5.88 Å². The van der Waals surface area contributed by atoms with Crippen LogP contribution in [0.2, 0.25) is 0 Å². The van der Waals surface area contributed by atoms with E-state index in [2.05, 4.69) is 15.2 Å². The molecule has 0 saturated carbocycles. The van der Waals surface area contributed by atoms with Crippen LogP contribution in [0.4, 0.5) is 8.78 Å². The van der Waals surface area contributed by atoms with E-state index < -0.39 is 24.5 Å². The van der Waals surface area contributed by atoms with Gasteiger partial charge in [-0.1, -0.05) is 6.07 Å². The number of pyridine rings is 1. The lowest BCUT2D eigenvalue weighted by atomic mass is 10.1. The Hall–Kier alpha value is -3.95. The molecule has 0 N–H and O–H groups in total. The molecule has 0 fully saturated rings. The fourth-order valence-corrected chi connectivity index (χ4v) is 3.53. The summed E-state index contributed by atoms with van der Waals surface area (Å²) in [4.78, 5) is 30.9. The van der Waals surface area contributed by atoms with Crippen molar-refractivity contribution in [1.82, 2.24) is 20.1 Å². The molecule has 1 amide bonds. The number of carbonyl (C=O) groups is 2. The molecule has 1 atom stereocenters. The number of aryl methyl sites for hydroxylation is 1. The first-order chi connectivity index (χ1) is 16.1. The van der Waals surface area contributed by atoms with Crippen molar-refractivity contribution < 1.29 is 27.8 Å². The smallest absolute Gasteiger partial charge is 0.343 e. The molecule has 0 aliphatic carbocycles. The number of nitrogens with zero attached hydrogens (tertiary/aromatic N) is 4. The van der Waals surface area contributed by atoms with Crippen molar-refractivity contribution in [2.24, 2.45) is 0 Å².